The Labute approximate surface area is 149 Å². The number of hydrogen-bond donors (Lipinski definition) is 2. The molecule has 2 atom stereocenters. The van der Waals surface area contributed by atoms with Gasteiger partial charge in [0.15, 0.2) is 0 Å². The highest BCUT2D eigenvalue weighted by molar-refractivity contribution is 5.75. The number of benzene rings is 2. The number of likely N-dealkylation sites (tertiary alicyclic amines) is 1. The largest absolute Gasteiger partial charge is 0.391 e. The molecule has 3 rings (SSSR count). The number of amides is 2. The number of aliphatic hydroxyl groups excluding tert-OH is 1. The molecule has 4 nitrogen and oxygen atoms in total. The van der Waals surface area contributed by atoms with Crippen molar-refractivity contribution in [1.29, 1.82) is 0 Å². The van der Waals surface area contributed by atoms with Crippen LogP contribution in [0, 0.1) is 0 Å². The van der Waals surface area contributed by atoms with E-state index in [-0.39, 0.29) is 18.0 Å². The number of carbonyl (C=O) groups is 1. The molecule has 2 aromatic carbocycles. The first-order chi connectivity index (χ1) is 12.1. The highest BCUT2D eigenvalue weighted by Gasteiger charge is 2.27. The number of piperidine rings is 1. The van der Waals surface area contributed by atoms with Gasteiger partial charge in [-0.05, 0) is 30.9 Å². The quantitative estimate of drug-likeness (QED) is 0.898. The number of hydrogen-bond acceptors (Lipinski definition) is 2. The van der Waals surface area contributed by atoms with Crippen LogP contribution in [0.15, 0.2) is 60.7 Å². The van der Waals surface area contributed by atoms with Crippen LogP contribution >= 0.6 is 0 Å². The van der Waals surface area contributed by atoms with Gasteiger partial charge in [-0.3, -0.25) is 0 Å². The topological polar surface area (TPSA) is 52.6 Å². The molecular formula is C21H26N2O2. The summed E-state index contributed by atoms with van der Waals surface area (Å²) in [6, 6.07) is 20.4. The van der Waals surface area contributed by atoms with Gasteiger partial charge in [-0.2, -0.15) is 0 Å². The molecule has 2 unspecified atom stereocenters. The summed E-state index contributed by atoms with van der Waals surface area (Å²) in [6.07, 6.45) is 1.22. The van der Waals surface area contributed by atoms with Crippen molar-refractivity contribution >= 4 is 6.03 Å². The van der Waals surface area contributed by atoms with E-state index in [0.29, 0.717) is 13.1 Å². The zero-order valence-corrected chi connectivity index (χ0v) is 14.6. The summed E-state index contributed by atoms with van der Waals surface area (Å²) >= 11 is 0. The molecule has 2 aromatic rings. The molecule has 25 heavy (non-hydrogen) atoms. The van der Waals surface area contributed by atoms with E-state index in [4.69, 9.17) is 0 Å². The normalized spacial score (nSPS) is 18.8. The van der Waals surface area contributed by atoms with E-state index in [0.717, 1.165) is 12.8 Å². The maximum atomic E-state index is 12.6. The molecule has 1 saturated heterocycles. The molecule has 1 aliphatic heterocycles. The zero-order chi connectivity index (χ0) is 17.6. The number of nitrogens with zero attached hydrogens (tertiary/aromatic N) is 1. The maximum Gasteiger partial charge on any atom is 0.317 e. The highest BCUT2D eigenvalue weighted by Crippen LogP contribution is 2.28. The van der Waals surface area contributed by atoms with Crippen molar-refractivity contribution in [3.05, 3.63) is 71.8 Å². The van der Waals surface area contributed by atoms with Crippen LogP contribution < -0.4 is 5.32 Å². The van der Waals surface area contributed by atoms with Crippen molar-refractivity contribution < 1.29 is 9.90 Å². The second-order valence-electron chi connectivity index (χ2n) is 6.78. The number of nitrogens with one attached hydrogen (secondary N) is 1. The molecule has 2 N–H and O–H groups in total. The molecule has 2 amide bonds. The number of carbonyl (C=O) groups excluding carboxylic acids is 1. The van der Waals surface area contributed by atoms with Gasteiger partial charge in [0.1, 0.15) is 0 Å². The average Bonchev–Trinajstić information content (AvgIpc) is 2.63. The Bertz CT molecular complexity index is 635. The SMILES string of the molecule is CC(NC(=O)N1CCCC(O)C1)C(c1ccccc1)c1ccccc1. The third-order valence-electron chi connectivity index (χ3n) is 4.85. The summed E-state index contributed by atoms with van der Waals surface area (Å²) in [4.78, 5) is 14.3. The predicted molar refractivity (Wildman–Crippen MR) is 99.5 cm³/mol. The molecule has 0 radical (unpaired) electrons. The molecule has 132 valence electrons. The predicted octanol–water partition coefficient (Wildman–Crippen LogP) is 3.37. The zero-order valence-electron chi connectivity index (χ0n) is 14.6. The highest BCUT2D eigenvalue weighted by atomic mass is 16.3. The summed E-state index contributed by atoms with van der Waals surface area (Å²) < 4.78 is 0. The van der Waals surface area contributed by atoms with Gasteiger partial charge in [0, 0.05) is 25.0 Å². The Morgan fingerprint density at radius 1 is 1.08 bits per heavy atom. The van der Waals surface area contributed by atoms with Gasteiger partial charge in [0.2, 0.25) is 0 Å². The minimum atomic E-state index is -0.408. The summed E-state index contributed by atoms with van der Waals surface area (Å²) in [5, 5.41) is 12.9. The monoisotopic (exact) mass is 338 g/mol. The summed E-state index contributed by atoms with van der Waals surface area (Å²) in [5.41, 5.74) is 2.36. The van der Waals surface area contributed by atoms with Gasteiger partial charge < -0.3 is 15.3 Å². The molecule has 0 bridgehead atoms. The minimum absolute atomic E-state index is 0.0589. The molecular weight excluding hydrogens is 312 g/mol. The average molecular weight is 338 g/mol. The van der Waals surface area contributed by atoms with E-state index >= 15 is 0 Å². The van der Waals surface area contributed by atoms with Gasteiger partial charge in [-0.1, -0.05) is 60.7 Å². The molecule has 0 aliphatic carbocycles. The first kappa shape index (κ1) is 17.5. The molecule has 1 heterocycles. The second-order valence-corrected chi connectivity index (χ2v) is 6.78. The molecule has 0 spiro atoms. The Morgan fingerprint density at radius 2 is 1.64 bits per heavy atom. The van der Waals surface area contributed by atoms with Crippen molar-refractivity contribution in [2.75, 3.05) is 13.1 Å². The first-order valence-electron chi connectivity index (χ1n) is 8.98. The van der Waals surface area contributed by atoms with Crippen LogP contribution in [0.3, 0.4) is 0 Å². The van der Waals surface area contributed by atoms with Crippen LogP contribution in [-0.4, -0.2) is 41.3 Å². The van der Waals surface area contributed by atoms with Gasteiger partial charge in [-0.25, -0.2) is 4.79 Å². The summed E-state index contributed by atoms with van der Waals surface area (Å²) in [6.45, 7) is 3.17. The van der Waals surface area contributed by atoms with E-state index in [1.807, 2.05) is 43.3 Å². The Balaban J connectivity index is 1.78. The van der Waals surface area contributed by atoms with Gasteiger partial charge in [0.25, 0.3) is 0 Å². The van der Waals surface area contributed by atoms with Gasteiger partial charge >= 0.3 is 6.03 Å². The summed E-state index contributed by atoms with van der Waals surface area (Å²) in [5.74, 6) is 0.0843. The van der Waals surface area contributed by atoms with Crippen LogP contribution in [0.4, 0.5) is 4.79 Å². The number of aliphatic hydroxyl groups is 1. The van der Waals surface area contributed by atoms with Gasteiger partial charge in [-0.15, -0.1) is 0 Å². The van der Waals surface area contributed by atoms with Crippen LogP contribution in [0.2, 0.25) is 0 Å². The lowest BCUT2D eigenvalue weighted by molar-refractivity contribution is 0.0833. The van der Waals surface area contributed by atoms with Crippen LogP contribution in [0.1, 0.15) is 36.8 Å². The lowest BCUT2D eigenvalue weighted by Crippen LogP contribution is -2.50. The fourth-order valence-electron chi connectivity index (χ4n) is 3.60. The van der Waals surface area contributed by atoms with Crippen molar-refractivity contribution in [3.8, 4) is 0 Å². The van der Waals surface area contributed by atoms with Crippen LogP contribution in [-0.2, 0) is 0 Å². The molecule has 0 saturated carbocycles. The standard InChI is InChI=1S/C21H26N2O2/c1-16(22-21(25)23-14-8-13-19(24)15-23)20(17-9-4-2-5-10-17)18-11-6-3-7-12-18/h2-7,9-12,16,19-20,24H,8,13-15H2,1H3,(H,22,25). The summed E-state index contributed by atoms with van der Waals surface area (Å²) in [7, 11) is 0. The molecule has 1 fully saturated rings. The van der Waals surface area contributed by atoms with E-state index in [1.54, 1.807) is 4.90 Å². The van der Waals surface area contributed by atoms with E-state index < -0.39 is 6.10 Å². The molecule has 4 heteroatoms. The third-order valence-corrected chi connectivity index (χ3v) is 4.85. The Morgan fingerprint density at radius 3 is 2.16 bits per heavy atom. The fourth-order valence-corrected chi connectivity index (χ4v) is 3.60. The number of β-amino-alcohol motifs (C(OH)–C–C–N with tert-alkyl or cyclic N) is 1. The maximum absolute atomic E-state index is 12.6. The van der Waals surface area contributed by atoms with Gasteiger partial charge in [0.05, 0.1) is 6.10 Å². The Kier molecular flexibility index (Phi) is 5.71. The second kappa shape index (κ2) is 8.17. The molecule has 1 aliphatic rings. The van der Waals surface area contributed by atoms with Crippen molar-refractivity contribution in [2.45, 2.75) is 37.8 Å². The smallest absolute Gasteiger partial charge is 0.317 e. The fraction of sp³-hybridized carbons (Fsp3) is 0.381. The lowest BCUT2D eigenvalue weighted by Gasteiger charge is -2.33. The Hall–Kier alpha value is -2.33. The number of rotatable bonds is 4. The van der Waals surface area contributed by atoms with E-state index in [9.17, 15) is 9.90 Å². The van der Waals surface area contributed by atoms with Crippen molar-refractivity contribution in [2.24, 2.45) is 0 Å². The number of urea groups is 1. The lowest BCUT2D eigenvalue weighted by atomic mass is 9.86. The van der Waals surface area contributed by atoms with E-state index in [1.165, 1.54) is 11.1 Å². The third kappa shape index (κ3) is 4.40. The van der Waals surface area contributed by atoms with Crippen LogP contribution in [0.5, 0.6) is 0 Å². The van der Waals surface area contributed by atoms with Crippen LogP contribution in [0.25, 0.3) is 0 Å². The molecule has 0 aromatic heterocycles. The van der Waals surface area contributed by atoms with Crippen molar-refractivity contribution in [3.63, 3.8) is 0 Å². The minimum Gasteiger partial charge on any atom is -0.391 e. The van der Waals surface area contributed by atoms with Crippen molar-refractivity contribution in [1.82, 2.24) is 10.2 Å². The first-order valence-corrected chi connectivity index (χ1v) is 8.98. The van der Waals surface area contributed by atoms with E-state index in [2.05, 4.69) is 29.6 Å².